The lowest BCUT2D eigenvalue weighted by Crippen LogP contribution is -2.25. The molecule has 0 saturated heterocycles. The van der Waals surface area contributed by atoms with Gasteiger partial charge in [-0.3, -0.25) is 0 Å². The Hall–Kier alpha value is -1.85. The normalized spacial score (nSPS) is 12.0. The van der Waals surface area contributed by atoms with Crippen molar-refractivity contribution in [1.29, 1.82) is 0 Å². The van der Waals surface area contributed by atoms with E-state index >= 15 is 0 Å². The van der Waals surface area contributed by atoms with Crippen molar-refractivity contribution in [2.45, 2.75) is 26.3 Å². The van der Waals surface area contributed by atoms with E-state index in [0.717, 1.165) is 22.8 Å². The Bertz CT molecular complexity index is 600. The van der Waals surface area contributed by atoms with Crippen molar-refractivity contribution in [2.24, 2.45) is 5.84 Å². The van der Waals surface area contributed by atoms with Crippen LogP contribution in [0, 0.1) is 0 Å². The maximum Gasteiger partial charge on any atom is 0.148 e. The number of hydrogen-bond acceptors (Lipinski definition) is 5. The molecule has 1 atom stereocenters. The fourth-order valence-corrected chi connectivity index (χ4v) is 2.43. The number of nitrogen functional groups attached to an aromatic ring is 1. The minimum Gasteiger partial charge on any atom is -0.353 e. The molecule has 3 N–H and O–H groups in total. The topological polar surface area (TPSA) is 67.1 Å². The van der Waals surface area contributed by atoms with Gasteiger partial charge in [-0.05, 0) is 31.0 Å². The van der Waals surface area contributed by atoms with Gasteiger partial charge in [-0.2, -0.15) is 0 Å². The first-order valence-electron chi connectivity index (χ1n) is 6.87. The van der Waals surface area contributed by atoms with Crippen molar-refractivity contribution in [3.63, 3.8) is 0 Å². The largest absolute Gasteiger partial charge is 0.353 e. The lowest BCUT2D eigenvalue weighted by molar-refractivity contribution is 0.721. The highest BCUT2D eigenvalue weighted by molar-refractivity contribution is 6.30. The summed E-state index contributed by atoms with van der Waals surface area (Å²) in [5.41, 5.74) is 4.81. The molecule has 0 bridgehead atoms. The van der Waals surface area contributed by atoms with E-state index in [0.29, 0.717) is 5.82 Å². The number of nitrogens with one attached hydrogen (secondary N) is 1. The van der Waals surface area contributed by atoms with Crippen molar-refractivity contribution in [3.05, 3.63) is 46.7 Å². The summed E-state index contributed by atoms with van der Waals surface area (Å²) >= 11 is 5.94. The molecular weight excluding hydrogens is 286 g/mol. The van der Waals surface area contributed by atoms with E-state index in [4.69, 9.17) is 17.4 Å². The highest BCUT2D eigenvalue weighted by atomic mass is 35.5. The third-order valence-electron chi connectivity index (χ3n) is 3.68. The second-order valence-corrected chi connectivity index (χ2v) is 5.30. The Balaban J connectivity index is 2.35. The molecule has 0 amide bonds. The van der Waals surface area contributed by atoms with Gasteiger partial charge in [-0.15, -0.1) is 0 Å². The lowest BCUT2D eigenvalue weighted by atomic mass is 10.1. The van der Waals surface area contributed by atoms with Crippen molar-refractivity contribution in [2.75, 3.05) is 17.4 Å². The average molecular weight is 306 g/mol. The monoisotopic (exact) mass is 305 g/mol. The molecule has 0 aliphatic heterocycles. The average Bonchev–Trinajstić information content (AvgIpc) is 2.53. The minimum absolute atomic E-state index is 0.160. The number of hydrazine groups is 1. The van der Waals surface area contributed by atoms with E-state index in [9.17, 15) is 0 Å². The minimum atomic E-state index is 0.160. The third-order valence-corrected chi connectivity index (χ3v) is 3.93. The quantitative estimate of drug-likeness (QED) is 0.656. The van der Waals surface area contributed by atoms with Crippen LogP contribution in [0.5, 0.6) is 0 Å². The number of aromatic nitrogens is 2. The predicted octanol–water partition coefficient (Wildman–Crippen LogP) is 3.18. The molecule has 0 saturated carbocycles. The maximum absolute atomic E-state index is 5.94. The Labute approximate surface area is 130 Å². The van der Waals surface area contributed by atoms with E-state index in [1.54, 1.807) is 0 Å². The second-order valence-electron chi connectivity index (χ2n) is 4.86. The molecule has 2 rings (SSSR count). The molecule has 1 heterocycles. The number of hydrogen-bond donors (Lipinski definition) is 2. The Morgan fingerprint density at radius 2 is 1.95 bits per heavy atom. The number of rotatable bonds is 5. The molecular formula is C15H20ClN5. The summed E-state index contributed by atoms with van der Waals surface area (Å²) in [5.74, 6) is 7.07. The summed E-state index contributed by atoms with van der Waals surface area (Å²) in [6.07, 6.45) is 2.32. The van der Waals surface area contributed by atoms with Gasteiger partial charge >= 0.3 is 0 Å². The molecule has 2 aromatic rings. The molecule has 0 radical (unpaired) electrons. The van der Waals surface area contributed by atoms with Gasteiger partial charge in [-0.25, -0.2) is 15.8 Å². The molecule has 6 heteroatoms. The van der Waals surface area contributed by atoms with E-state index in [2.05, 4.69) is 34.1 Å². The van der Waals surface area contributed by atoms with Gasteiger partial charge in [-0.1, -0.05) is 30.7 Å². The first-order valence-corrected chi connectivity index (χ1v) is 7.25. The van der Waals surface area contributed by atoms with Crippen molar-refractivity contribution in [3.8, 4) is 0 Å². The Kier molecular flexibility index (Phi) is 4.98. The van der Waals surface area contributed by atoms with E-state index in [-0.39, 0.29) is 6.04 Å². The van der Waals surface area contributed by atoms with Gasteiger partial charge in [0.05, 0.1) is 6.04 Å². The predicted molar refractivity (Wildman–Crippen MR) is 87.5 cm³/mol. The van der Waals surface area contributed by atoms with Crippen molar-refractivity contribution < 1.29 is 0 Å². The molecule has 0 spiro atoms. The molecule has 5 nitrogen and oxygen atoms in total. The molecule has 1 aromatic heterocycles. The SMILES string of the molecule is CCc1c(NN)ncnc1N(C)C(C)c1ccc(Cl)cc1. The first kappa shape index (κ1) is 15.5. The van der Waals surface area contributed by atoms with Gasteiger partial charge in [0.15, 0.2) is 0 Å². The summed E-state index contributed by atoms with van der Waals surface area (Å²) in [6, 6.07) is 8.01. The van der Waals surface area contributed by atoms with Crippen LogP contribution >= 0.6 is 11.6 Å². The fraction of sp³-hybridized carbons (Fsp3) is 0.333. The van der Waals surface area contributed by atoms with Gasteiger partial charge in [0, 0.05) is 17.6 Å². The molecule has 1 unspecified atom stereocenters. The van der Waals surface area contributed by atoms with Crippen LogP contribution < -0.4 is 16.2 Å². The molecule has 21 heavy (non-hydrogen) atoms. The van der Waals surface area contributed by atoms with Gasteiger partial charge in [0.2, 0.25) is 0 Å². The van der Waals surface area contributed by atoms with Gasteiger partial charge < -0.3 is 10.3 Å². The number of halogens is 1. The lowest BCUT2D eigenvalue weighted by Gasteiger charge is -2.28. The first-order chi connectivity index (χ1) is 10.1. The number of anilines is 2. The fourth-order valence-electron chi connectivity index (χ4n) is 2.31. The molecule has 1 aromatic carbocycles. The number of benzene rings is 1. The van der Waals surface area contributed by atoms with Gasteiger partial charge in [0.25, 0.3) is 0 Å². The standard InChI is InChI=1S/C15H20ClN5/c1-4-13-14(20-17)18-9-19-15(13)21(3)10(2)11-5-7-12(16)8-6-11/h5-10H,4,17H2,1-3H3,(H,18,19,20). The highest BCUT2D eigenvalue weighted by Crippen LogP contribution is 2.29. The summed E-state index contributed by atoms with van der Waals surface area (Å²) < 4.78 is 0. The third kappa shape index (κ3) is 3.25. The maximum atomic E-state index is 5.94. The summed E-state index contributed by atoms with van der Waals surface area (Å²) in [6.45, 7) is 4.18. The number of nitrogens with zero attached hydrogens (tertiary/aromatic N) is 3. The van der Waals surface area contributed by atoms with Crippen LogP contribution in [0.3, 0.4) is 0 Å². The Morgan fingerprint density at radius 1 is 1.29 bits per heavy atom. The Morgan fingerprint density at radius 3 is 2.52 bits per heavy atom. The van der Waals surface area contributed by atoms with Crippen LogP contribution in [0.1, 0.15) is 31.0 Å². The van der Waals surface area contributed by atoms with Crippen molar-refractivity contribution >= 4 is 23.2 Å². The molecule has 0 fully saturated rings. The van der Waals surface area contributed by atoms with Gasteiger partial charge in [0.1, 0.15) is 18.0 Å². The summed E-state index contributed by atoms with van der Waals surface area (Å²) in [5, 5.41) is 0.736. The smallest absolute Gasteiger partial charge is 0.148 e. The second kappa shape index (κ2) is 6.74. The zero-order valence-corrected chi connectivity index (χ0v) is 13.2. The van der Waals surface area contributed by atoms with Crippen LogP contribution in [-0.4, -0.2) is 17.0 Å². The van der Waals surface area contributed by atoms with E-state index < -0.39 is 0 Å². The van der Waals surface area contributed by atoms with Crippen LogP contribution in [0.25, 0.3) is 0 Å². The molecule has 0 aliphatic carbocycles. The van der Waals surface area contributed by atoms with E-state index in [1.807, 2.05) is 31.3 Å². The number of nitrogens with two attached hydrogens (primary N) is 1. The van der Waals surface area contributed by atoms with Crippen molar-refractivity contribution in [1.82, 2.24) is 9.97 Å². The van der Waals surface area contributed by atoms with E-state index in [1.165, 1.54) is 11.9 Å². The molecule has 0 aliphatic rings. The van der Waals surface area contributed by atoms with Crippen LogP contribution in [0.15, 0.2) is 30.6 Å². The zero-order chi connectivity index (χ0) is 15.4. The summed E-state index contributed by atoms with van der Waals surface area (Å²) in [4.78, 5) is 10.7. The van der Waals surface area contributed by atoms with Crippen LogP contribution in [0.2, 0.25) is 5.02 Å². The molecule has 112 valence electrons. The highest BCUT2D eigenvalue weighted by Gasteiger charge is 2.18. The van der Waals surface area contributed by atoms with Crippen LogP contribution in [-0.2, 0) is 6.42 Å². The zero-order valence-electron chi connectivity index (χ0n) is 12.5. The summed E-state index contributed by atoms with van der Waals surface area (Å²) in [7, 11) is 2.01. The van der Waals surface area contributed by atoms with Crippen LogP contribution in [0.4, 0.5) is 11.6 Å².